The van der Waals surface area contributed by atoms with E-state index in [1.165, 1.54) is 0 Å². The van der Waals surface area contributed by atoms with Gasteiger partial charge in [-0.15, -0.1) is 10.2 Å². The first-order valence-corrected chi connectivity index (χ1v) is 6.60. The first-order chi connectivity index (χ1) is 9.54. The zero-order valence-corrected chi connectivity index (χ0v) is 11.7. The van der Waals surface area contributed by atoms with Gasteiger partial charge >= 0.3 is 0 Å². The summed E-state index contributed by atoms with van der Waals surface area (Å²) >= 11 is 0. The van der Waals surface area contributed by atoms with Gasteiger partial charge in [0.05, 0.1) is 11.2 Å². The lowest BCUT2D eigenvalue weighted by molar-refractivity contribution is -0.120. The Hall–Kier alpha value is -2.21. The number of amides is 1. The molecule has 6 heteroatoms. The normalized spacial score (nSPS) is 13.8. The number of nitrogens with zero attached hydrogens (tertiary/aromatic N) is 3. The molecule has 3 N–H and O–H groups in total. The fourth-order valence-electron chi connectivity index (χ4n) is 1.97. The van der Waals surface area contributed by atoms with E-state index in [2.05, 4.69) is 15.5 Å². The minimum absolute atomic E-state index is 0.260. The van der Waals surface area contributed by atoms with Crippen LogP contribution in [0.3, 0.4) is 0 Å². The summed E-state index contributed by atoms with van der Waals surface area (Å²) in [4.78, 5) is 12.2. The number of nitrogens with one attached hydrogen (secondary N) is 1. The molecule has 1 amide bonds. The van der Waals surface area contributed by atoms with Crippen LogP contribution in [0.2, 0.25) is 0 Å². The molecule has 0 fully saturated rings. The molecule has 0 spiro atoms. The highest BCUT2D eigenvalue weighted by molar-refractivity contribution is 5.96. The first kappa shape index (κ1) is 14.2. The Morgan fingerprint density at radius 3 is 2.75 bits per heavy atom. The van der Waals surface area contributed by atoms with Crippen LogP contribution < -0.4 is 11.1 Å². The summed E-state index contributed by atoms with van der Waals surface area (Å²) in [5.74, 6) is 0.110. The van der Waals surface area contributed by atoms with E-state index in [9.17, 15) is 4.79 Å². The quantitative estimate of drug-likeness (QED) is 0.868. The number of benzene rings is 1. The number of nitrogens with two attached hydrogens (primary N) is 1. The van der Waals surface area contributed by atoms with Crippen molar-refractivity contribution in [2.75, 3.05) is 5.32 Å². The molecule has 1 heterocycles. The highest BCUT2D eigenvalue weighted by Gasteiger charge is 2.28. The molecule has 0 aliphatic rings. The number of hydrogen-bond acceptors (Lipinski definition) is 4. The van der Waals surface area contributed by atoms with Crippen molar-refractivity contribution < 1.29 is 4.79 Å². The summed E-state index contributed by atoms with van der Waals surface area (Å²) in [5, 5.41) is 10.5. The number of rotatable bonds is 5. The molecule has 0 radical (unpaired) electrons. The molecule has 0 saturated carbocycles. The van der Waals surface area contributed by atoms with Crippen molar-refractivity contribution in [3.63, 3.8) is 0 Å². The van der Waals surface area contributed by atoms with Crippen molar-refractivity contribution in [3.8, 4) is 5.69 Å². The van der Waals surface area contributed by atoms with E-state index in [1.807, 2.05) is 37.3 Å². The molecule has 0 bridgehead atoms. The largest absolute Gasteiger partial charge is 0.318 e. The van der Waals surface area contributed by atoms with Gasteiger partial charge in [0.2, 0.25) is 11.9 Å². The van der Waals surface area contributed by atoms with E-state index < -0.39 is 5.54 Å². The van der Waals surface area contributed by atoms with Crippen molar-refractivity contribution in [2.24, 2.45) is 5.73 Å². The maximum absolute atomic E-state index is 12.2. The van der Waals surface area contributed by atoms with Gasteiger partial charge in [-0.05, 0) is 25.5 Å². The SMILES string of the molecule is CCCC(C)(N)C(=O)Nc1nncn1-c1ccccc1. The summed E-state index contributed by atoms with van der Waals surface area (Å²) in [6.45, 7) is 3.71. The number of carbonyl (C=O) groups is 1. The van der Waals surface area contributed by atoms with Crippen LogP contribution in [-0.4, -0.2) is 26.2 Å². The van der Waals surface area contributed by atoms with E-state index >= 15 is 0 Å². The molecular weight excluding hydrogens is 254 g/mol. The third kappa shape index (κ3) is 3.03. The second-order valence-corrected chi connectivity index (χ2v) is 4.98. The topological polar surface area (TPSA) is 85.8 Å². The fraction of sp³-hybridized carbons (Fsp3) is 0.357. The Morgan fingerprint density at radius 1 is 1.40 bits per heavy atom. The number of carbonyl (C=O) groups excluding carboxylic acids is 1. The van der Waals surface area contributed by atoms with Crippen LogP contribution in [0.25, 0.3) is 5.69 Å². The Kier molecular flexibility index (Phi) is 4.14. The van der Waals surface area contributed by atoms with Crippen LogP contribution in [0.15, 0.2) is 36.7 Å². The van der Waals surface area contributed by atoms with Crippen molar-refractivity contribution in [2.45, 2.75) is 32.2 Å². The van der Waals surface area contributed by atoms with Gasteiger partial charge in [0.15, 0.2) is 0 Å². The van der Waals surface area contributed by atoms with Crippen LogP contribution >= 0.6 is 0 Å². The van der Waals surface area contributed by atoms with Gasteiger partial charge in [0.1, 0.15) is 6.33 Å². The first-order valence-electron chi connectivity index (χ1n) is 6.60. The summed E-state index contributed by atoms with van der Waals surface area (Å²) in [7, 11) is 0. The summed E-state index contributed by atoms with van der Waals surface area (Å²) in [5.41, 5.74) is 5.97. The number of hydrogen-bond donors (Lipinski definition) is 2. The van der Waals surface area contributed by atoms with E-state index in [0.717, 1.165) is 12.1 Å². The molecule has 0 aliphatic heterocycles. The number of para-hydroxylation sites is 1. The van der Waals surface area contributed by atoms with Crippen LogP contribution in [0.4, 0.5) is 5.95 Å². The molecule has 1 unspecified atom stereocenters. The Bertz CT molecular complexity index is 576. The van der Waals surface area contributed by atoms with E-state index in [-0.39, 0.29) is 5.91 Å². The Morgan fingerprint density at radius 2 is 2.10 bits per heavy atom. The molecular formula is C14H19N5O. The van der Waals surface area contributed by atoms with Crippen LogP contribution in [0.1, 0.15) is 26.7 Å². The zero-order chi connectivity index (χ0) is 14.6. The van der Waals surface area contributed by atoms with Gasteiger partial charge < -0.3 is 5.73 Å². The summed E-state index contributed by atoms with van der Waals surface area (Å²) in [6.07, 6.45) is 3.00. The van der Waals surface area contributed by atoms with Crippen LogP contribution in [0, 0.1) is 0 Å². The molecule has 0 aliphatic carbocycles. The highest BCUT2D eigenvalue weighted by atomic mass is 16.2. The molecule has 6 nitrogen and oxygen atoms in total. The predicted octanol–water partition coefficient (Wildman–Crippen LogP) is 1.72. The summed E-state index contributed by atoms with van der Waals surface area (Å²) in [6, 6.07) is 9.56. The minimum atomic E-state index is -0.914. The van der Waals surface area contributed by atoms with Gasteiger partial charge in [0, 0.05) is 0 Å². The second kappa shape index (κ2) is 5.83. The van der Waals surface area contributed by atoms with E-state index in [1.54, 1.807) is 17.8 Å². The fourth-order valence-corrected chi connectivity index (χ4v) is 1.97. The van der Waals surface area contributed by atoms with Gasteiger partial charge in [0.25, 0.3) is 0 Å². The average molecular weight is 273 g/mol. The Balaban J connectivity index is 2.20. The van der Waals surface area contributed by atoms with Gasteiger partial charge in [-0.25, -0.2) is 0 Å². The number of anilines is 1. The standard InChI is InChI=1S/C14H19N5O/c1-3-9-14(2,15)12(20)17-13-18-16-10-19(13)11-7-5-4-6-8-11/h4-8,10H,3,9,15H2,1-2H3,(H,17,18,20). The van der Waals surface area contributed by atoms with E-state index in [4.69, 9.17) is 5.73 Å². The van der Waals surface area contributed by atoms with E-state index in [0.29, 0.717) is 12.4 Å². The molecule has 1 atom stereocenters. The van der Waals surface area contributed by atoms with Crippen molar-refractivity contribution in [3.05, 3.63) is 36.7 Å². The predicted molar refractivity (Wildman–Crippen MR) is 77.5 cm³/mol. The lowest BCUT2D eigenvalue weighted by Crippen LogP contribution is -2.48. The highest BCUT2D eigenvalue weighted by Crippen LogP contribution is 2.15. The van der Waals surface area contributed by atoms with Crippen molar-refractivity contribution in [1.82, 2.24) is 14.8 Å². The van der Waals surface area contributed by atoms with Crippen molar-refractivity contribution in [1.29, 1.82) is 0 Å². The van der Waals surface area contributed by atoms with Crippen LogP contribution in [-0.2, 0) is 4.79 Å². The molecule has 1 aromatic carbocycles. The van der Waals surface area contributed by atoms with Crippen molar-refractivity contribution >= 4 is 11.9 Å². The molecule has 20 heavy (non-hydrogen) atoms. The second-order valence-electron chi connectivity index (χ2n) is 4.98. The molecule has 1 aromatic heterocycles. The molecule has 2 rings (SSSR count). The smallest absolute Gasteiger partial charge is 0.246 e. The monoisotopic (exact) mass is 273 g/mol. The zero-order valence-electron chi connectivity index (χ0n) is 11.7. The lowest BCUT2D eigenvalue weighted by Gasteiger charge is -2.22. The number of aromatic nitrogens is 3. The van der Waals surface area contributed by atoms with Gasteiger partial charge in [-0.2, -0.15) is 0 Å². The third-order valence-corrected chi connectivity index (χ3v) is 3.10. The molecule has 0 saturated heterocycles. The maximum Gasteiger partial charge on any atom is 0.246 e. The maximum atomic E-state index is 12.2. The Labute approximate surface area is 118 Å². The minimum Gasteiger partial charge on any atom is -0.318 e. The average Bonchev–Trinajstić information content (AvgIpc) is 2.88. The molecule has 2 aromatic rings. The van der Waals surface area contributed by atoms with Gasteiger partial charge in [-0.3, -0.25) is 14.7 Å². The summed E-state index contributed by atoms with van der Waals surface area (Å²) < 4.78 is 1.71. The van der Waals surface area contributed by atoms with Crippen LogP contribution in [0.5, 0.6) is 0 Å². The third-order valence-electron chi connectivity index (χ3n) is 3.10. The molecule has 106 valence electrons. The van der Waals surface area contributed by atoms with Gasteiger partial charge in [-0.1, -0.05) is 31.5 Å². The lowest BCUT2D eigenvalue weighted by atomic mass is 9.97.